The van der Waals surface area contributed by atoms with Crippen molar-refractivity contribution < 1.29 is 4.79 Å². The summed E-state index contributed by atoms with van der Waals surface area (Å²) in [7, 11) is 0. The summed E-state index contributed by atoms with van der Waals surface area (Å²) < 4.78 is 0. The van der Waals surface area contributed by atoms with Crippen LogP contribution < -0.4 is 0 Å². The van der Waals surface area contributed by atoms with Crippen molar-refractivity contribution in [2.75, 3.05) is 0 Å². The number of hydrogen-bond acceptors (Lipinski definition) is 1. The molecular weight excluding hydrogens is 230 g/mol. The first-order valence-electron chi connectivity index (χ1n) is 3.67. The normalized spacial score (nSPS) is 12.6. The van der Waals surface area contributed by atoms with Crippen LogP contribution in [0.25, 0.3) is 0 Å². The van der Waals surface area contributed by atoms with Crippen molar-refractivity contribution in [3.63, 3.8) is 0 Å². The van der Waals surface area contributed by atoms with Gasteiger partial charge in [0.1, 0.15) is 0 Å². The molecule has 0 aromatic heterocycles. The van der Waals surface area contributed by atoms with Gasteiger partial charge in [-0.3, -0.25) is 4.79 Å². The summed E-state index contributed by atoms with van der Waals surface area (Å²) in [6.07, 6.45) is 0. The van der Waals surface area contributed by atoms with Crippen LogP contribution in [0.5, 0.6) is 0 Å². The van der Waals surface area contributed by atoms with Crippen molar-refractivity contribution in [1.29, 1.82) is 0 Å². The largest absolute Gasteiger partial charge is 0.281 e. The first kappa shape index (κ1) is 10.8. The zero-order valence-corrected chi connectivity index (χ0v) is 9.12. The minimum absolute atomic E-state index is 0.394. The molecule has 4 heteroatoms. The van der Waals surface area contributed by atoms with Gasteiger partial charge in [-0.1, -0.05) is 42.3 Å². The van der Waals surface area contributed by atoms with E-state index in [-0.39, 0.29) is 0 Å². The van der Waals surface area contributed by atoms with Gasteiger partial charge in [0.05, 0.1) is 16.0 Å². The van der Waals surface area contributed by atoms with Crippen LogP contribution in [-0.4, -0.2) is 5.24 Å². The highest BCUT2D eigenvalue weighted by molar-refractivity contribution is 6.64. The minimum atomic E-state index is -0.441. The third-order valence-corrected chi connectivity index (χ3v) is 2.95. The third-order valence-electron chi connectivity index (χ3n) is 1.79. The minimum Gasteiger partial charge on any atom is -0.281 e. The number of benzene rings is 1. The predicted octanol–water partition coefficient (Wildman–Crippen LogP) is 3.86. The fourth-order valence-electron chi connectivity index (χ4n) is 0.977. The molecule has 0 fully saturated rings. The van der Waals surface area contributed by atoms with E-state index in [1.54, 1.807) is 25.1 Å². The lowest BCUT2D eigenvalue weighted by Crippen LogP contribution is -2.02. The quantitative estimate of drug-likeness (QED) is 0.714. The van der Waals surface area contributed by atoms with Crippen LogP contribution in [0.15, 0.2) is 18.2 Å². The van der Waals surface area contributed by atoms with E-state index in [2.05, 4.69) is 0 Å². The van der Waals surface area contributed by atoms with E-state index in [1.165, 1.54) is 0 Å². The van der Waals surface area contributed by atoms with Gasteiger partial charge in [0.25, 0.3) is 0 Å². The molecule has 0 amide bonds. The van der Waals surface area contributed by atoms with Crippen LogP contribution in [0.2, 0.25) is 10.0 Å². The van der Waals surface area contributed by atoms with E-state index in [1.807, 2.05) is 0 Å². The van der Waals surface area contributed by atoms with E-state index in [0.29, 0.717) is 15.6 Å². The van der Waals surface area contributed by atoms with Crippen molar-refractivity contribution >= 4 is 40.0 Å². The van der Waals surface area contributed by atoms with Crippen LogP contribution in [0.3, 0.4) is 0 Å². The van der Waals surface area contributed by atoms with Crippen molar-refractivity contribution in [1.82, 2.24) is 0 Å². The number of hydrogen-bond donors (Lipinski definition) is 0. The van der Waals surface area contributed by atoms with Crippen LogP contribution in [0.4, 0.5) is 0 Å². The van der Waals surface area contributed by atoms with Crippen LogP contribution in [0.1, 0.15) is 18.4 Å². The Morgan fingerprint density at radius 1 is 1.38 bits per heavy atom. The van der Waals surface area contributed by atoms with Crippen LogP contribution >= 0.6 is 34.8 Å². The van der Waals surface area contributed by atoms with Gasteiger partial charge in [-0.15, -0.1) is 0 Å². The van der Waals surface area contributed by atoms with Crippen LogP contribution in [0, 0.1) is 0 Å². The molecule has 70 valence electrons. The fourth-order valence-corrected chi connectivity index (χ4v) is 1.57. The van der Waals surface area contributed by atoms with Crippen LogP contribution in [-0.2, 0) is 4.79 Å². The maximum absolute atomic E-state index is 10.9. The van der Waals surface area contributed by atoms with E-state index in [9.17, 15) is 4.79 Å². The Hall–Kier alpha value is -0.240. The third kappa shape index (κ3) is 2.37. The molecule has 13 heavy (non-hydrogen) atoms. The molecule has 1 rings (SSSR count). The van der Waals surface area contributed by atoms with E-state index < -0.39 is 11.2 Å². The van der Waals surface area contributed by atoms with E-state index in [4.69, 9.17) is 34.8 Å². The maximum atomic E-state index is 10.9. The average molecular weight is 238 g/mol. The number of halogens is 3. The van der Waals surface area contributed by atoms with Gasteiger partial charge in [0.2, 0.25) is 5.24 Å². The number of rotatable bonds is 2. The molecule has 1 atom stereocenters. The fraction of sp³-hybridized carbons (Fsp3) is 0.222. The highest BCUT2D eigenvalue weighted by Gasteiger charge is 2.16. The second-order valence-electron chi connectivity index (χ2n) is 2.67. The smallest absolute Gasteiger partial charge is 0.228 e. The Morgan fingerprint density at radius 2 is 2.00 bits per heavy atom. The summed E-state index contributed by atoms with van der Waals surface area (Å²) in [5, 5.41) is 0.388. The standard InChI is InChI=1S/C9H7Cl3O/c1-5(9(12)13)6-3-2-4-7(10)8(6)11/h2-5H,1H3. The topological polar surface area (TPSA) is 17.1 Å². The van der Waals surface area contributed by atoms with Gasteiger partial charge in [-0.2, -0.15) is 0 Å². The van der Waals surface area contributed by atoms with Gasteiger partial charge in [-0.25, -0.2) is 0 Å². The number of carbonyl (C=O) groups excluding carboxylic acids is 1. The van der Waals surface area contributed by atoms with Gasteiger partial charge in [0.15, 0.2) is 0 Å². The van der Waals surface area contributed by atoms with Crippen molar-refractivity contribution in [2.45, 2.75) is 12.8 Å². The van der Waals surface area contributed by atoms with E-state index >= 15 is 0 Å². The van der Waals surface area contributed by atoms with Gasteiger partial charge in [0, 0.05) is 0 Å². The molecule has 0 spiro atoms. The molecule has 1 aromatic rings. The zero-order chi connectivity index (χ0) is 10.0. The predicted molar refractivity (Wildman–Crippen MR) is 55.7 cm³/mol. The molecule has 0 saturated carbocycles. The summed E-state index contributed by atoms with van der Waals surface area (Å²) in [5.41, 5.74) is 0.661. The lowest BCUT2D eigenvalue weighted by Gasteiger charge is -2.09. The number of carbonyl (C=O) groups is 1. The molecule has 1 unspecified atom stereocenters. The average Bonchev–Trinajstić information content (AvgIpc) is 2.08. The van der Waals surface area contributed by atoms with E-state index in [0.717, 1.165) is 0 Å². The Kier molecular flexibility index (Phi) is 3.60. The Morgan fingerprint density at radius 3 is 2.54 bits per heavy atom. The molecule has 0 radical (unpaired) electrons. The lowest BCUT2D eigenvalue weighted by molar-refractivity contribution is -0.112. The van der Waals surface area contributed by atoms with Crippen molar-refractivity contribution in [3.8, 4) is 0 Å². The first-order chi connectivity index (χ1) is 6.04. The molecule has 0 aliphatic rings. The summed E-state index contributed by atoms with van der Waals surface area (Å²) in [5.74, 6) is -0.423. The monoisotopic (exact) mass is 236 g/mol. The maximum Gasteiger partial charge on any atom is 0.228 e. The van der Waals surface area contributed by atoms with Crippen molar-refractivity contribution in [2.24, 2.45) is 0 Å². The second kappa shape index (κ2) is 4.32. The molecule has 0 heterocycles. The first-order valence-corrected chi connectivity index (χ1v) is 4.80. The van der Waals surface area contributed by atoms with Crippen molar-refractivity contribution in [3.05, 3.63) is 33.8 Å². The highest BCUT2D eigenvalue weighted by atomic mass is 35.5. The molecule has 0 bridgehead atoms. The summed E-state index contributed by atoms with van der Waals surface area (Å²) in [6, 6.07) is 5.14. The van der Waals surface area contributed by atoms with Gasteiger partial charge >= 0.3 is 0 Å². The van der Waals surface area contributed by atoms with Gasteiger partial charge < -0.3 is 0 Å². The zero-order valence-electron chi connectivity index (χ0n) is 6.85. The molecule has 0 aliphatic heterocycles. The second-order valence-corrected chi connectivity index (χ2v) is 3.83. The molecule has 0 N–H and O–H groups in total. The molecular formula is C9H7Cl3O. The Bertz CT molecular complexity index is 336. The lowest BCUT2D eigenvalue weighted by atomic mass is 10.0. The molecule has 1 aromatic carbocycles. The van der Waals surface area contributed by atoms with Gasteiger partial charge in [-0.05, 0) is 23.2 Å². The summed E-state index contributed by atoms with van der Waals surface area (Å²) >= 11 is 17.0. The molecule has 0 saturated heterocycles. The Labute approximate surface area is 91.6 Å². The highest BCUT2D eigenvalue weighted by Crippen LogP contribution is 2.31. The molecule has 1 nitrogen and oxygen atoms in total. The SMILES string of the molecule is CC(C(=O)Cl)c1cccc(Cl)c1Cl. The molecule has 0 aliphatic carbocycles. The summed E-state index contributed by atoms with van der Waals surface area (Å²) in [6.45, 7) is 1.69. The Balaban J connectivity index is 3.15. The summed E-state index contributed by atoms with van der Waals surface area (Å²) in [4.78, 5) is 10.9.